The Balaban J connectivity index is 2.19. The summed E-state index contributed by atoms with van der Waals surface area (Å²) >= 11 is 0. The van der Waals surface area contributed by atoms with Gasteiger partial charge in [0.05, 0.1) is 0 Å². The molecule has 0 aromatic carbocycles. The molecule has 1 heterocycles. The van der Waals surface area contributed by atoms with E-state index in [2.05, 4.69) is 44.0 Å². The lowest BCUT2D eigenvalue weighted by atomic mass is 9.88. The lowest BCUT2D eigenvalue weighted by Crippen LogP contribution is -2.17. The van der Waals surface area contributed by atoms with E-state index in [1.54, 1.807) is 0 Å². The first-order valence-electron chi connectivity index (χ1n) is 8.61. The fourth-order valence-electron chi connectivity index (χ4n) is 3.34. The minimum atomic E-state index is -0.330. The molecule has 3 unspecified atom stereocenters. The predicted octanol–water partition coefficient (Wildman–Crippen LogP) is 4.75. The van der Waals surface area contributed by atoms with Crippen LogP contribution in [0.1, 0.15) is 52.4 Å². The van der Waals surface area contributed by atoms with E-state index in [0.29, 0.717) is 12.0 Å². The van der Waals surface area contributed by atoms with E-state index < -0.39 is 0 Å². The predicted molar refractivity (Wildman–Crippen MR) is 94.4 cm³/mol. The summed E-state index contributed by atoms with van der Waals surface area (Å²) in [6, 6.07) is 0. The van der Waals surface area contributed by atoms with E-state index in [1.807, 2.05) is 0 Å². The van der Waals surface area contributed by atoms with E-state index in [-0.39, 0.29) is 24.1 Å². The van der Waals surface area contributed by atoms with Crippen molar-refractivity contribution in [3.05, 3.63) is 47.6 Å². The smallest absolute Gasteiger partial charge is 0.334 e. The van der Waals surface area contributed by atoms with Crippen molar-refractivity contribution >= 4 is 5.97 Å². The molecule has 0 amide bonds. The molecule has 0 spiro atoms. The van der Waals surface area contributed by atoms with Crippen molar-refractivity contribution in [1.82, 2.24) is 0 Å². The Labute approximate surface area is 144 Å². The van der Waals surface area contributed by atoms with Gasteiger partial charge >= 0.3 is 5.97 Å². The zero-order valence-corrected chi connectivity index (χ0v) is 14.7. The van der Waals surface area contributed by atoms with Crippen LogP contribution in [0.2, 0.25) is 0 Å². The van der Waals surface area contributed by atoms with Crippen LogP contribution in [-0.2, 0) is 14.4 Å². The Morgan fingerprint density at radius 2 is 1.96 bits per heavy atom. The van der Waals surface area contributed by atoms with E-state index in [0.717, 1.165) is 37.7 Å². The molecule has 4 nitrogen and oxygen atoms in total. The van der Waals surface area contributed by atoms with Crippen molar-refractivity contribution in [3.8, 4) is 0 Å². The molecule has 1 N–H and O–H groups in total. The number of allylic oxidation sites excluding steroid dienone is 3. The summed E-state index contributed by atoms with van der Waals surface area (Å²) in [4.78, 5) is 16.5. The van der Waals surface area contributed by atoms with E-state index >= 15 is 0 Å². The van der Waals surface area contributed by atoms with Crippen LogP contribution in [0.15, 0.2) is 47.6 Å². The Morgan fingerprint density at radius 1 is 1.21 bits per heavy atom. The largest absolute Gasteiger partial charge is 0.458 e. The molecule has 2 aliphatic rings. The second kappa shape index (κ2) is 8.45. The number of carbonyl (C=O) groups excluding carboxylic acids is 1. The molecule has 0 bridgehead atoms. The molecule has 3 atom stereocenters. The highest BCUT2D eigenvalue weighted by molar-refractivity contribution is 5.90. The van der Waals surface area contributed by atoms with Gasteiger partial charge < -0.3 is 4.74 Å². The molecule has 0 aromatic rings. The summed E-state index contributed by atoms with van der Waals surface area (Å²) < 4.78 is 5.52. The van der Waals surface area contributed by atoms with Gasteiger partial charge in [0.25, 0.3) is 0 Å². The van der Waals surface area contributed by atoms with Gasteiger partial charge in [-0.25, -0.2) is 9.68 Å². The summed E-state index contributed by atoms with van der Waals surface area (Å²) in [5.41, 5.74) is 3.89. The molecule has 0 radical (unpaired) electrons. The maximum Gasteiger partial charge on any atom is 0.334 e. The first-order valence-corrected chi connectivity index (χ1v) is 8.61. The van der Waals surface area contributed by atoms with Crippen LogP contribution in [0.5, 0.6) is 0 Å². The van der Waals surface area contributed by atoms with Gasteiger partial charge in [-0.2, -0.15) is 0 Å². The number of carbonyl (C=O) groups is 1. The van der Waals surface area contributed by atoms with Crippen molar-refractivity contribution in [1.29, 1.82) is 0 Å². The van der Waals surface area contributed by atoms with E-state index in [4.69, 9.17) is 9.99 Å². The van der Waals surface area contributed by atoms with E-state index in [1.165, 1.54) is 11.1 Å². The zero-order chi connectivity index (χ0) is 17.7. The van der Waals surface area contributed by atoms with Gasteiger partial charge in [0.15, 0.2) is 0 Å². The molecule has 0 aromatic heterocycles. The lowest BCUT2D eigenvalue weighted by Gasteiger charge is -2.19. The topological polar surface area (TPSA) is 55.8 Å². The lowest BCUT2D eigenvalue weighted by molar-refractivity contribution is -0.270. The molecule has 24 heavy (non-hydrogen) atoms. The first kappa shape index (κ1) is 18.7. The summed E-state index contributed by atoms with van der Waals surface area (Å²) in [5.74, 6) is -0.228. The molecule has 1 saturated heterocycles. The molecular weight excluding hydrogens is 304 g/mol. The normalized spacial score (nSPS) is 30.1. The Morgan fingerprint density at radius 3 is 2.67 bits per heavy atom. The standard InChI is InChI=1S/C20H28O4/c1-13-8-10-17-16(4)20(21)23-19(17)12-14(2)6-5-7-15(3)18(24-22)11-9-13/h6,8,17-19,22H,3-5,7,9-12H2,1-2H3. The molecule has 4 heteroatoms. The number of esters is 1. The first-order chi connectivity index (χ1) is 11.4. The Bertz CT molecular complexity index is 570. The van der Waals surface area contributed by atoms with Gasteiger partial charge in [-0.1, -0.05) is 36.5 Å². The van der Waals surface area contributed by atoms with Gasteiger partial charge in [-0.3, -0.25) is 5.26 Å². The van der Waals surface area contributed by atoms with Crippen LogP contribution in [0.4, 0.5) is 0 Å². The third-order valence-electron chi connectivity index (χ3n) is 5.00. The van der Waals surface area contributed by atoms with E-state index in [9.17, 15) is 4.79 Å². The van der Waals surface area contributed by atoms with Crippen LogP contribution < -0.4 is 0 Å². The summed E-state index contributed by atoms with van der Waals surface area (Å²) in [5, 5.41) is 9.13. The highest BCUT2D eigenvalue weighted by atomic mass is 17.1. The number of hydrogen-bond donors (Lipinski definition) is 1. The highest BCUT2D eigenvalue weighted by Crippen LogP contribution is 2.34. The average molecular weight is 332 g/mol. The van der Waals surface area contributed by atoms with Gasteiger partial charge in [-0.05, 0) is 51.5 Å². The number of rotatable bonds is 1. The third-order valence-corrected chi connectivity index (χ3v) is 5.00. The SMILES string of the molecule is C=C1CCC=C(C)CC2OC(=O)C(=C)C2CC=C(C)CCC1OO. The second-order valence-electron chi connectivity index (χ2n) is 6.95. The summed E-state index contributed by atoms with van der Waals surface area (Å²) in [7, 11) is 0. The third kappa shape index (κ3) is 4.68. The van der Waals surface area contributed by atoms with Gasteiger partial charge in [-0.15, -0.1) is 0 Å². The molecule has 1 aliphatic carbocycles. The van der Waals surface area contributed by atoms with Crippen molar-refractivity contribution in [3.63, 3.8) is 0 Å². The van der Waals surface area contributed by atoms with Gasteiger partial charge in [0.2, 0.25) is 0 Å². The minimum Gasteiger partial charge on any atom is -0.458 e. The molecule has 1 aliphatic heterocycles. The zero-order valence-electron chi connectivity index (χ0n) is 14.7. The van der Waals surface area contributed by atoms with Crippen LogP contribution in [0, 0.1) is 5.92 Å². The molecule has 0 saturated carbocycles. The van der Waals surface area contributed by atoms with Crippen molar-refractivity contribution in [2.45, 2.75) is 64.6 Å². The second-order valence-corrected chi connectivity index (χ2v) is 6.95. The quantitative estimate of drug-likeness (QED) is 0.248. The van der Waals surface area contributed by atoms with Crippen molar-refractivity contribution in [2.24, 2.45) is 5.92 Å². The van der Waals surface area contributed by atoms with Crippen LogP contribution in [0.25, 0.3) is 0 Å². The molecule has 1 fully saturated rings. The van der Waals surface area contributed by atoms with Gasteiger partial charge in [0, 0.05) is 17.9 Å². The molecule has 132 valence electrons. The summed E-state index contributed by atoms with van der Waals surface area (Å²) in [6.07, 6.45) is 8.45. The molecular formula is C20H28O4. The number of ether oxygens (including phenoxy) is 1. The highest BCUT2D eigenvalue weighted by Gasteiger charge is 2.37. The maximum atomic E-state index is 11.9. The molecule has 2 rings (SSSR count). The minimum absolute atomic E-state index is 0.0404. The summed E-state index contributed by atoms with van der Waals surface area (Å²) in [6.45, 7) is 12.1. The fraction of sp³-hybridized carbons (Fsp3) is 0.550. The monoisotopic (exact) mass is 332 g/mol. The van der Waals surface area contributed by atoms with Crippen LogP contribution in [-0.4, -0.2) is 23.4 Å². The maximum absolute atomic E-state index is 11.9. The van der Waals surface area contributed by atoms with Crippen molar-refractivity contribution < 1.29 is 19.7 Å². The van der Waals surface area contributed by atoms with Crippen LogP contribution >= 0.6 is 0 Å². The number of hydrogen-bond acceptors (Lipinski definition) is 4. The fourth-order valence-corrected chi connectivity index (χ4v) is 3.34. The Hall–Kier alpha value is -1.65. The average Bonchev–Trinajstić information content (AvgIpc) is 2.79. The van der Waals surface area contributed by atoms with Gasteiger partial charge in [0.1, 0.15) is 12.2 Å². The van der Waals surface area contributed by atoms with Crippen LogP contribution in [0.3, 0.4) is 0 Å². The number of fused-ring (bicyclic) bond motifs is 1. The Kier molecular flexibility index (Phi) is 6.58. The van der Waals surface area contributed by atoms with Crippen molar-refractivity contribution in [2.75, 3.05) is 0 Å².